The van der Waals surface area contributed by atoms with Gasteiger partial charge < -0.3 is 5.32 Å². The first-order chi connectivity index (χ1) is 11.2. The van der Waals surface area contributed by atoms with Gasteiger partial charge in [0.05, 0.1) is 0 Å². The molecule has 1 aromatic heterocycles. The molecule has 1 atom stereocenters. The van der Waals surface area contributed by atoms with Crippen LogP contribution in [0.4, 0.5) is 0 Å². The van der Waals surface area contributed by atoms with Crippen LogP contribution in [0.5, 0.6) is 0 Å². The van der Waals surface area contributed by atoms with E-state index in [0.717, 1.165) is 25.9 Å². The van der Waals surface area contributed by atoms with Gasteiger partial charge in [-0.25, -0.2) is 0 Å². The van der Waals surface area contributed by atoms with Gasteiger partial charge in [-0.2, -0.15) is 0 Å². The van der Waals surface area contributed by atoms with E-state index in [9.17, 15) is 4.79 Å². The maximum atomic E-state index is 12.2. The molecule has 1 saturated heterocycles. The van der Waals surface area contributed by atoms with Crippen molar-refractivity contribution in [3.63, 3.8) is 0 Å². The SMILES string of the molecule is CC(c1ccccc1)N1CCC(NC(=O)c2ccccn2)CC1. The highest BCUT2D eigenvalue weighted by molar-refractivity contribution is 5.92. The smallest absolute Gasteiger partial charge is 0.270 e. The minimum Gasteiger partial charge on any atom is -0.348 e. The summed E-state index contributed by atoms with van der Waals surface area (Å²) in [4.78, 5) is 18.8. The number of hydrogen-bond donors (Lipinski definition) is 1. The van der Waals surface area contributed by atoms with Crippen LogP contribution in [-0.4, -0.2) is 34.9 Å². The van der Waals surface area contributed by atoms with Crippen molar-refractivity contribution in [2.75, 3.05) is 13.1 Å². The Hall–Kier alpha value is -2.20. The van der Waals surface area contributed by atoms with Crippen molar-refractivity contribution in [3.8, 4) is 0 Å². The third kappa shape index (κ3) is 3.96. The molecule has 4 heteroatoms. The summed E-state index contributed by atoms with van der Waals surface area (Å²) in [5.74, 6) is -0.0693. The van der Waals surface area contributed by atoms with Crippen LogP contribution in [0.1, 0.15) is 41.9 Å². The number of rotatable bonds is 4. The molecule has 2 heterocycles. The molecule has 1 amide bonds. The molecule has 0 saturated carbocycles. The molecule has 1 aromatic carbocycles. The van der Waals surface area contributed by atoms with Crippen molar-refractivity contribution in [1.82, 2.24) is 15.2 Å². The summed E-state index contributed by atoms with van der Waals surface area (Å²) in [6.07, 6.45) is 3.62. The summed E-state index contributed by atoms with van der Waals surface area (Å²) >= 11 is 0. The Bertz CT molecular complexity index is 622. The molecule has 1 fully saturated rings. The van der Waals surface area contributed by atoms with Crippen LogP contribution in [0.25, 0.3) is 0 Å². The largest absolute Gasteiger partial charge is 0.348 e. The molecular weight excluding hydrogens is 286 g/mol. The molecule has 0 spiro atoms. The average Bonchev–Trinajstić information content (AvgIpc) is 2.63. The molecule has 3 rings (SSSR count). The number of amides is 1. The number of carbonyl (C=O) groups is 1. The Balaban J connectivity index is 1.52. The monoisotopic (exact) mass is 309 g/mol. The van der Waals surface area contributed by atoms with Crippen molar-refractivity contribution in [3.05, 3.63) is 66.0 Å². The van der Waals surface area contributed by atoms with Crippen LogP contribution >= 0.6 is 0 Å². The van der Waals surface area contributed by atoms with E-state index >= 15 is 0 Å². The Morgan fingerprint density at radius 2 is 1.83 bits per heavy atom. The van der Waals surface area contributed by atoms with E-state index in [1.807, 2.05) is 12.1 Å². The predicted octanol–water partition coefficient (Wildman–Crippen LogP) is 3.04. The zero-order valence-corrected chi connectivity index (χ0v) is 13.5. The highest BCUT2D eigenvalue weighted by atomic mass is 16.1. The Labute approximate surface area is 137 Å². The summed E-state index contributed by atoms with van der Waals surface area (Å²) in [6, 6.07) is 16.7. The number of nitrogens with one attached hydrogen (secondary N) is 1. The van der Waals surface area contributed by atoms with Crippen LogP contribution < -0.4 is 5.32 Å². The van der Waals surface area contributed by atoms with E-state index in [0.29, 0.717) is 11.7 Å². The molecule has 23 heavy (non-hydrogen) atoms. The van der Waals surface area contributed by atoms with Gasteiger partial charge in [0.2, 0.25) is 0 Å². The van der Waals surface area contributed by atoms with Crippen molar-refractivity contribution < 1.29 is 4.79 Å². The van der Waals surface area contributed by atoms with Crippen LogP contribution in [0.15, 0.2) is 54.7 Å². The van der Waals surface area contributed by atoms with E-state index in [1.54, 1.807) is 12.3 Å². The second-order valence-corrected chi connectivity index (χ2v) is 6.09. The first-order valence-corrected chi connectivity index (χ1v) is 8.25. The van der Waals surface area contributed by atoms with Gasteiger partial charge in [0.1, 0.15) is 5.69 Å². The molecular formula is C19H23N3O. The summed E-state index contributed by atoms with van der Waals surface area (Å²) < 4.78 is 0. The molecule has 4 nitrogen and oxygen atoms in total. The van der Waals surface area contributed by atoms with E-state index < -0.39 is 0 Å². The van der Waals surface area contributed by atoms with Crippen LogP contribution in [0.2, 0.25) is 0 Å². The molecule has 0 aliphatic carbocycles. The Kier molecular flexibility index (Phi) is 5.03. The third-order valence-corrected chi connectivity index (χ3v) is 4.59. The maximum Gasteiger partial charge on any atom is 0.270 e. The first kappa shape index (κ1) is 15.7. The van der Waals surface area contributed by atoms with Gasteiger partial charge in [-0.3, -0.25) is 14.7 Å². The molecule has 1 N–H and O–H groups in total. The Morgan fingerprint density at radius 3 is 2.48 bits per heavy atom. The summed E-state index contributed by atoms with van der Waals surface area (Å²) in [6.45, 7) is 4.26. The van der Waals surface area contributed by atoms with Gasteiger partial charge in [0, 0.05) is 31.4 Å². The lowest BCUT2D eigenvalue weighted by Gasteiger charge is -2.36. The molecule has 0 bridgehead atoms. The summed E-state index contributed by atoms with van der Waals surface area (Å²) in [5, 5.41) is 3.11. The van der Waals surface area contributed by atoms with Crippen LogP contribution in [-0.2, 0) is 0 Å². The second-order valence-electron chi connectivity index (χ2n) is 6.09. The number of hydrogen-bond acceptors (Lipinski definition) is 3. The molecule has 1 aliphatic rings. The van der Waals surface area contributed by atoms with Gasteiger partial charge in [-0.1, -0.05) is 36.4 Å². The normalized spacial score (nSPS) is 17.6. The summed E-state index contributed by atoms with van der Waals surface area (Å²) in [7, 11) is 0. The van der Waals surface area contributed by atoms with Crippen molar-refractivity contribution in [1.29, 1.82) is 0 Å². The lowest BCUT2D eigenvalue weighted by molar-refractivity contribution is 0.0891. The topological polar surface area (TPSA) is 45.2 Å². The fraction of sp³-hybridized carbons (Fsp3) is 0.368. The second kappa shape index (κ2) is 7.38. The highest BCUT2D eigenvalue weighted by Gasteiger charge is 2.24. The number of carbonyl (C=O) groups excluding carboxylic acids is 1. The zero-order valence-electron chi connectivity index (χ0n) is 13.5. The lowest BCUT2D eigenvalue weighted by atomic mass is 10.00. The van der Waals surface area contributed by atoms with E-state index in [4.69, 9.17) is 0 Å². The third-order valence-electron chi connectivity index (χ3n) is 4.59. The predicted molar refractivity (Wildman–Crippen MR) is 91.2 cm³/mol. The standard InChI is InChI=1S/C19H23N3O/c1-15(16-7-3-2-4-8-16)22-13-10-17(11-14-22)21-19(23)18-9-5-6-12-20-18/h2-9,12,15,17H,10-11,13-14H2,1H3,(H,21,23). The number of pyridine rings is 1. The van der Waals surface area contributed by atoms with Crippen LogP contribution in [0, 0.1) is 0 Å². The number of piperidine rings is 1. The van der Waals surface area contributed by atoms with Gasteiger partial charge in [0.15, 0.2) is 0 Å². The van der Waals surface area contributed by atoms with Gasteiger partial charge >= 0.3 is 0 Å². The highest BCUT2D eigenvalue weighted by Crippen LogP contribution is 2.24. The van der Waals surface area contributed by atoms with Crippen molar-refractivity contribution >= 4 is 5.91 Å². The number of nitrogens with zero attached hydrogens (tertiary/aromatic N) is 2. The number of benzene rings is 1. The average molecular weight is 309 g/mol. The van der Waals surface area contributed by atoms with E-state index in [-0.39, 0.29) is 11.9 Å². The fourth-order valence-electron chi connectivity index (χ4n) is 3.13. The summed E-state index contributed by atoms with van der Waals surface area (Å²) in [5.41, 5.74) is 1.84. The van der Waals surface area contributed by atoms with Gasteiger partial charge in [-0.05, 0) is 37.5 Å². The zero-order chi connectivity index (χ0) is 16.1. The van der Waals surface area contributed by atoms with Crippen molar-refractivity contribution in [2.24, 2.45) is 0 Å². The van der Waals surface area contributed by atoms with E-state index in [2.05, 4.69) is 52.5 Å². The quantitative estimate of drug-likeness (QED) is 0.944. The Morgan fingerprint density at radius 1 is 1.13 bits per heavy atom. The lowest BCUT2D eigenvalue weighted by Crippen LogP contribution is -2.45. The number of likely N-dealkylation sites (tertiary alicyclic amines) is 1. The van der Waals surface area contributed by atoms with E-state index in [1.165, 1.54) is 5.56 Å². The minimum absolute atomic E-state index is 0.0693. The van der Waals surface area contributed by atoms with Gasteiger partial charge in [-0.15, -0.1) is 0 Å². The maximum absolute atomic E-state index is 12.2. The molecule has 1 unspecified atom stereocenters. The minimum atomic E-state index is -0.0693. The first-order valence-electron chi connectivity index (χ1n) is 8.25. The van der Waals surface area contributed by atoms with Gasteiger partial charge in [0.25, 0.3) is 5.91 Å². The molecule has 0 radical (unpaired) electrons. The molecule has 2 aromatic rings. The van der Waals surface area contributed by atoms with Crippen LogP contribution in [0.3, 0.4) is 0 Å². The van der Waals surface area contributed by atoms with Crippen molar-refractivity contribution in [2.45, 2.75) is 31.8 Å². The molecule has 120 valence electrons. The molecule has 1 aliphatic heterocycles. The number of aromatic nitrogens is 1. The fourth-order valence-corrected chi connectivity index (χ4v) is 3.13.